The Morgan fingerprint density at radius 1 is 1.29 bits per heavy atom. The molecule has 0 aliphatic carbocycles. The van der Waals surface area contributed by atoms with Crippen LogP contribution in [0.4, 0.5) is 0 Å². The van der Waals surface area contributed by atoms with Crippen molar-refractivity contribution >= 4 is 23.6 Å². The van der Waals surface area contributed by atoms with E-state index in [4.69, 9.17) is 0 Å². The van der Waals surface area contributed by atoms with Crippen LogP contribution in [0.1, 0.15) is 32.3 Å². The first kappa shape index (κ1) is 17.6. The Balaban J connectivity index is 2.54. The van der Waals surface area contributed by atoms with Gasteiger partial charge in [0, 0.05) is 6.42 Å². The molecule has 2 atom stereocenters. The van der Waals surface area contributed by atoms with E-state index in [1.807, 2.05) is 37.3 Å². The van der Waals surface area contributed by atoms with Gasteiger partial charge >= 0.3 is 5.97 Å². The molecule has 0 saturated carbocycles. The van der Waals surface area contributed by atoms with Gasteiger partial charge in [0.15, 0.2) is 0 Å². The van der Waals surface area contributed by atoms with Crippen molar-refractivity contribution in [1.29, 1.82) is 0 Å². The molecule has 1 rings (SSSR count). The van der Waals surface area contributed by atoms with Crippen molar-refractivity contribution in [2.24, 2.45) is 0 Å². The molecule has 0 radical (unpaired) electrons. The van der Waals surface area contributed by atoms with E-state index in [9.17, 15) is 14.7 Å². The second-order valence-electron chi connectivity index (χ2n) is 4.96. The summed E-state index contributed by atoms with van der Waals surface area (Å²) in [5.41, 5.74) is 0.900. The SMILES string of the molecule is CCCCSC(C)C(=O)NC(Cc1ccccc1)C(=O)O. The zero-order chi connectivity index (χ0) is 15.7. The number of hydrogen-bond acceptors (Lipinski definition) is 3. The van der Waals surface area contributed by atoms with Gasteiger partial charge in [-0.05, 0) is 24.7 Å². The molecule has 0 aliphatic rings. The van der Waals surface area contributed by atoms with Gasteiger partial charge in [-0.15, -0.1) is 11.8 Å². The van der Waals surface area contributed by atoms with Crippen LogP contribution in [0.15, 0.2) is 30.3 Å². The molecule has 0 spiro atoms. The highest BCUT2D eigenvalue weighted by atomic mass is 32.2. The van der Waals surface area contributed by atoms with Crippen LogP contribution in [0.25, 0.3) is 0 Å². The van der Waals surface area contributed by atoms with E-state index < -0.39 is 12.0 Å². The molecule has 2 N–H and O–H groups in total. The number of benzene rings is 1. The molecule has 0 aromatic heterocycles. The minimum atomic E-state index is -1.00. The summed E-state index contributed by atoms with van der Waals surface area (Å²) in [6.07, 6.45) is 2.45. The minimum absolute atomic E-state index is 0.209. The lowest BCUT2D eigenvalue weighted by Gasteiger charge is -2.17. The average Bonchev–Trinajstić information content (AvgIpc) is 2.47. The summed E-state index contributed by atoms with van der Waals surface area (Å²) in [5.74, 6) is -0.293. The van der Waals surface area contributed by atoms with Gasteiger partial charge in [-0.2, -0.15) is 0 Å². The zero-order valence-electron chi connectivity index (χ0n) is 12.5. The van der Waals surface area contributed by atoms with E-state index in [2.05, 4.69) is 12.2 Å². The Labute approximate surface area is 130 Å². The Morgan fingerprint density at radius 3 is 2.52 bits per heavy atom. The predicted octanol–water partition coefficient (Wildman–Crippen LogP) is 2.72. The number of rotatable bonds is 9. The number of nitrogens with one attached hydrogen (secondary N) is 1. The number of thioether (sulfide) groups is 1. The molecule has 1 amide bonds. The smallest absolute Gasteiger partial charge is 0.326 e. The summed E-state index contributed by atoms with van der Waals surface area (Å²) < 4.78 is 0. The first-order valence-corrected chi connectivity index (χ1v) is 8.28. The van der Waals surface area contributed by atoms with Crippen LogP contribution in [0.3, 0.4) is 0 Å². The molecule has 4 nitrogen and oxygen atoms in total. The number of carbonyl (C=O) groups is 2. The van der Waals surface area contributed by atoms with E-state index >= 15 is 0 Å². The lowest BCUT2D eigenvalue weighted by molar-refractivity contribution is -0.141. The maximum atomic E-state index is 12.0. The number of amides is 1. The van der Waals surface area contributed by atoms with Crippen LogP contribution in [0, 0.1) is 0 Å². The molecule has 1 aromatic rings. The maximum absolute atomic E-state index is 12.0. The third-order valence-corrected chi connectivity index (χ3v) is 4.37. The summed E-state index contributed by atoms with van der Waals surface area (Å²) in [6, 6.07) is 8.44. The van der Waals surface area contributed by atoms with E-state index in [0.717, 1.165) is 24.2 Å². The topological polar surface area (TPSA) is 66.4 Å². The molecule has 0 fully saturated rings. The number of carboxylic acids is 1. The molecule has 21 heavy (non-hydrogen) atoms. The molecule has 0 saturated heterocycles. The van der Waals surface area contributed by atoms with E-state index in [1.54, 1.807) is 11.8 Å². The number of aliphatic carboxylic acids is 1. The lowest BCUT2D eigenvalue weighted by Crippen LogP contribution is -2.45. The lowest BCUT2D eigenvalue weighted by atomic mass is 10.1. The van der Waals surface area contributed by atoms with Gasteiger partial charge < -0.3 is 10.4 Å². The molecule has 116 valence electrons. The van der Waals surface area contributed by atoms with E-state index in [0.29, 0.717) is 6.42 Å². The standard InChI is InChI=1S/C16H23NO3S/c1-3-4-10-21-12(2)15(18)17-14(16(19)20)11-13-8-6-5-7-9-13/h5-9,12,14H,3-4,10-11H2,1-2H3,(H,17,18)(H,19,20). The second kappa shape index (κ2) is 9.45. The van der Waals surface area contributed by atoms with Crippen molar-refractivity contribution in [2.75, 3.05) is 5.75 Å². The van der Waals surface area contributed by atoms with Crippen molar-refractivity contribution in [3.8, 4) is 0 Å². The molecule has 2 unspecified atom stereocenters. The summed E-state index contributed by atoms with van der Waals surface area (Å²) >= 11 is 1.56. The molecule has 0 bridgehead atoms. The van der Waals surface area contributed by atoms with Crippen molar-refractivity contribution in [2.45, 2.75) is 44.4 Å². The average molecular weight is 309 g/mol. The van der Waals surface area contributed by atoms with Crippen LogP contribution in [0.2, 0.25) is 0 Å². The highest BCUT2D eigenvalue weighted by Crippen LogP contribution is 2.13. The normalized spacial score (nSPS) is 13.4. The van der Waals surface area contributed by atoms with Gasteiger partial charge in [0.05, 0.1) is 5.25 Å². The van der Waals surface area contributed by atoms with E-state index in [1.165, 1.54) is 0 Å². The fourth-order valence-electron chi connectivity index (χ4n) is 1.82. The molecular formula is C16H23NO3S. The fourth-order valence-corrected chi connectivity index (χ4v) is 2.85. The summed E-state index contributed by atoms with van der Waals surface area (Å²) in [4.78, 5) is 23.3. The number of hydrogen-bond donors (Lipinski definition) is 2. The van der Waals surface area contributed by atoms with Crippen LogP contribution in [-0.2, 0) is 16.0 Å². The molecular weight excluding hydrogens is 286 g/mol. The van der Waals surface area contributed by atoms with Crippen molar-refractivity contribution in [3.05, 3.63) is 35.9 Å². The largest absolute Gasteiger partial charge is 0.480 e. The van der Waals surface area contributed by atoms with Gasteiger partial charge in [-0.3, -0.25) is 4.79 Å². The predicted molar refractivity (Wildman–Crippen MR) is 86.5 cm³/mol. The highest BCUT2D eigenvalue weighted by Gasteiger charge is 2.23. The quantitative estimate of drug-likeness (QED) is 0.688. The van der Waals surface area contributed by atoms with Crippen LogP contribution in [-0.4, -0.2) is 34.0 Å². The Kier molecular flexibility index (Phi) is 7.90. The third-order valence-electron chi connectivity index (χ3n) is 3.13. The van der Waals surface area contributed by atoms with Crippen LogP contribution in [0.5, 0.6) is 0 Å². The van der Waals surface area contributed by atoms with Crippen LogP contribution < -0.4 is 5.32 Å². The van der Waals surface area contributed by atoms with Gasteiger partial charge in [-0.1, -0.05) is 43.7 Å². The van der Waals surface area contributed by atoms with Gasteiger partial charge in [0.25, 0.3) is 0 Å². The van der Waals surface area contributed by atoms with Crippen LogP contribution >= 0.6 is 11.8 Å². The monoisotopic (exact) mass is 309 g/mol. The molecule has 1 aromatic carbocycles. The van der Waals surface area contributed by atoms with Gasteiger partial charge in [0.2, 0.25) is 5.91 Å². The Bertz CT molecular complexity index is 450. The van der Waals surface area contributed by atoms with Gasteiger partial charge in [-0.25, -0.2) is 4.79 Å². The Hall–Kier alpha value is -1.49. The first-order valence-electron chi connectivity index (χ1n) is 7.23. The highest BCUT2D eigenvalue weighted by molar-refractivity contribution is 8.00. The third kappa shape index (κ3) is 6.67. The summed E-state index contributed by atoms with van der Waals surface area (Å²) in [7, 11) is 0. The van der Waals surface area contributed by atoms with Crippen molar-refractivity contribution < 1.29 is 14.7 Å². The Morgan fingerprint density at radius 2 is 1.95 bits per heavy atom. The molecule has 0 heterocycles. The number of carboxylic acid groups (broad SMARTS) is 1. The van der Waals surface area contributed by atoms with Gasteiger partial charge in [0.1, 0.15) is 6.04 Å². The molecule has 5 heteroatoms. The summed E-state index contributed by atoms with van der Waals surface area (Å²) in [6.45, 7) is 3.92. The maximum Gasteiger partial charge on any atom is 0.326 e. The number of unbranched alkanes of at least 4 members (excludes halogenated alkanes) is 1. The van der Waals surface area contributed by atoms with Crippen molar-refractivity contribution in [1.82, 2.24) is 5.32 Å². The fraction of sp³-hybridized carbons (Fsp3) is 0.500. The summed E-state index contributed by atoms with van der Waals surface area (Å²) in [5, 5.41) is 11.7. The minimum Gasteiger partial charge on any atom is -0.480 e. The second-order valence-corrected chi connectivity index (χ2v) is 6.40. The first-order chi connectivity index (χ1) is 10.0. The van der Waals surface area contributed by atoms with E-state index in [-0.39, 0.29) is 11.2 Å². The molecule has 0 aliphatic heterocycles. The zero-order valence-corrected chi connectivity index (χ0v) is 13.4. The van der Waals surface area contributed by atoms with Crippen molar-refractivity contribution in [3.63, 3.8) is 0 Å². The number of carbonyl (C=O) groups excluding carboxylic acids is 1.